The third-order valence-electron chi connectivity index (χ3n) is 3.86. The summed E-state index contributed by atoms with van der Waals surface area (Å²) in [5, 5.41) is 16.9. The van der Waals surface area contributed by atoms with Crippen LogP contribution in [0.5, 0.6) is 5.75 Å². The van der Waals surface area contributed by atoms with Crippen molar-refractivity contribution in [3.63, 3.8) is 0 Å². The Morgan fingerprint density at radius 1 is 1.22 bits per heavy atom. The van der Waals surface area contributed by atoms with Crippen molar-refractivity contribution < 1.29 is 5.11 Å². The van der Waals surface area contributed by atoms with Crippen LogP contribution in [0.4, 0.5) is 0 Å². The highest BCUT2D eigenvalue weighted by Gasteiger charge is 2.17. The summed E-state index contributed by atoms with van der Waals surface area (Å²) in [7, 11) is 0. The number of aromatic hydroxyl groups is 1. The number of phenolic OH excluding ortho intramolecular Hbond substituents is 1. The quantitative estimate of drug-likeness (QED) is 0.388. The van der Waals surface area contributed by atoms with Crippen LogP contribution >= 0.6 is 24.0 Å². The third kappa shape index (κ3) is 5.86. The number of aliphatic imine (C=N–C) groups is 1. The zero-order valence-electron chi connectivity index (χ0n) is 14.7. The van der Waals surface area contributed by atoms with E-state index in [9.17, 15) is 5.11 Å². The molecule has 0 radical (unpaired) electrons. The van der Waals surface area contributed by atoms with Gasteiger partial charge in [-0.1, -0.05) is 6.07 Å². The van der Waals surface area contributed by atoms with Crippen LogP contribution in [0.3, 0.4) is 0 Å². The topological polar surface area (TPSA) is 56.7 Å². The number of nitrogens with zero attached hydrogens (tertiary/aromatic N) is 1. The molecule has 1 aromatic carbocycles. The minimum Gasteiger partial charge on any atom is -0.508 e. The molecule has 0 bridgehead atoms. The first-order valence-corrected chi connectivity index (χ1v) is 8.30. The lowest BCUT2D eigenvalue weighted by atomic mass is 9.88. The number of hydrogen-bond donors (Lipinski definition) is 3. The Kier molecular flexibility index (Phi) is 7.64. The predicted octanol–water partition coefficient (Wildman–Crippen LogP) is 3.74. The van der Waals surface area contributed by atoms with Crippen molar-refractivity contribution in [2.45, 2.75) is 65.5 Å². The van der Waals surface area contributed by atoms with Crippen molar-refractivity contribution in [2.24, 2.45) is 4.99 Å². The Labute approximate surface area is 157 Å². The summed E-state index contributed by atoms with van der Waals surface area (Å²) in [6.07, 6.45) is 4.62. The van der Waals surface area contributed by atoms with Gasteiger partial charge in [-0.3, -0.25) is 0 Å². The van der Waals surface area contributed by atoms with E-state index in [0.717, 1.165) is 30.9 Å². The lowest BCUT2D eigenvalue weighted by molar-refractivity contribution is 0.465. The lowest BCUT2D eigenvalue weighted by Crippen LogP contribution is -2.47. The maximum Gasteiger partial charge on any atom is 0.191 e. The number of guanidine groups is 1. The van der Waals surface area contributed by atoms with E-state index >= 15 is 0 Å². The van der Waals surface area contributed by atoms with E-state index in [1.807, 2.05) is 6.07 Å². The van der Waals surface area contributed by atoms with Crippen molar-refractivity contribution in [1.29, 1.82) is 0 Å². The molecule has 1 aliphatic rings. The van der Waals surface area contributed by atoms with Gasteiger partial charge >= 0.3 is 0 Å². The smallest absolute Gasteiger partial charge is 0.191 e. The second kappa shape index (κ2) is 8.76. The summed E-state index contributed by atoms with van der Waals surface area (Å²) in [6.45, 7) is 9.73. The zero-order valence-corrected chi connectivity index (χ0v) is 17.0. The van der Waals surface area contributed by atoms with Crippen molar-refractivity contribution >= 4 is 29.9 Å². The molecule has 3 N–H and O–H groups in total. The fourth-order valence-corrected chi connectivity index (χ4v) is 2.89. The second-order valence-electron chi connectivity index (χ2n) is 6.98. The largest absolute Gasteiger partial charge is 0.508 e. The minimum absolute atomic E-state index is 0. The maximum absolute atomic E-state index is 10.2. The molecule has 0 saturated carbocycles. The Morgan fingerprint density at radius 3 is 2.57 bits per heavy atom. The van der Waals surface area contributed by atoms with Crippen molar-refractivity contribution in [3.8, 4) is 5.75 Å². The number of nitrogens with one attached hydrogen (secondary N) is 2. The summed E-state index contributed by atoms with van der Waals surface area (Å²) in [4.78, 5) is 4.67. The number of rotatable bonds is 3. The highest BCUT2D eigenvalue weighted by Crippen LogP contribution is 2.31. The molecule has 0 heterocycles. The molecule has 0 unspecified atom stereocenters. The molecule has 1 aliphatic carbocycles. The van der Waals surface area contributed by atoms with E-state index in [-0.39, 0.29) is 29.5 Å². The predicted molar refractivity (Wildman–Crippen MR) is 108 cm³/mol. The van der Waals surface area contributed by atoms with Crippen LogP contribution in [-0.4, -0.2) is 23.1 Å². The number of hydrogen-bond acceptors (Lipinski definition) is 2. The van der Waals surface area contributed by atoms with Crippen LogP contribution in [0.1, 0.15) is 57.2 Å². The average molecular weight is 431 g/mol. The summed E-state index contributed by atoms with van der Waals surface area (Å²) < 4.78 is 0. The molecule has 4 nitrogen and oxygen atoms in total. The van der Waals surface area contributed by atoms with Gasteiger partial charge < -0.3 is 15.7 Å². The molecule has 0 atom stereocenters. The Balaban J connectivity index is 0.00000264. The van der Waals surface area contributed by atoms with E-state index in [4.69, 9.17) is 0 Å². The highest BCUT2D eigenvalue weighted by atomic mass is 127. The lowest BCUT2D eigenvalue weighted by Gasteiger charge is -2.24. The molecule has 1 aromatic rings. The maximum atomic E-state index is 10.2. The molecule has 0 amide bonds. The Hall–Kier alpha value is -0.980. The standard InChI is InChI=1S/C18H29N3O.HI/c1-5-19-17(21-18(2,3)4)20-12-15-14-9-7-6-8-13(14)10-11-16(15)22;/h10-11,22H,5-9,12H2,1-4H3,(H2,19,20,21);1H. The Morgan fingerprint density at radius 2 is 1.91 bits per heavy atom. The average Bonchev–Trinajstić information content (AvgIpc) is 2.44. The third-order valence-corrected chi connectivity index (χ3v) is 3.86. The van der Waals surface area contributed by atoms with Crippen LogP contribution in [0.25, 0.3) is 0 Å². The zero-order chi connectivity index (χ0) is 16.2. The van der Waals surface area contributed by atoms with Gasteiger partial charge in [-0.15, -0.1) is 24.0 Å². The molecule has 0 spiro atoms. The first-order chi connectivity index (χ1) is 10.4. The molecule has 130 valence electrons. The second-order valence-corrected chi connectivity index (χ2v) is 6.98. The molecule has 0 saturated heterocycles. The minimum atomic E-state index is -0.0425. The molecule has 5 heteroatoms. The molecule has 0 fully saturated rings. The van der Waals surface area contributed by atoms with Crippen LogP contribution in [-0.2, 0) is 19.4 Å². The first kappa shape index (κ1) is 20.1. The van der Waals surface area contributed by atoms with E-state index in [1.54, 1.807) is 0 Å². The molecular formula is C18H30IN3O. The normalized spacial score (nSPS) is 14.7. The molecular weight excluding hydrogens is 401 g/mol. The molecule has 23 heavy (non-hydrogen) atoms. The number of benzene rings is 1. The summed E-state index contributed by atoms with van der Waals surface area (Å²) >= 11 is 0. The van der Waals surface area contributed by atoms with Gasteiger partial charge in [0.2, 0.25) is 0 Å². The van der Waals surface area contributed by atoms with Gasteiger partial charge in [0.1, 0.15) is 5.75 Å². The van der Waals surface area contributed by atoms with Gasteiger partial charge in [-0.25, -0.2) is 4.99 Å². The van der Waals surface area contributed by atoms with Crippen molar-refractivity contribution in [2.75, 3.05) is 6.54 Å². The summed E-state index contributed by atoms with van der Waals surface area (Å²) in [5.74, 6) is 1.17. The fraction of sp³-hybridized carbons (Fsp3) is 0.611. The fourth-order valence-electron chi connectivity index (χ4n) is 2.89. The molecule has 0 aromatic heterocycles. The summed E-state index contributed by atoms with van der Waals surface area (Å²) in [6, 6.07) is 3.88. The number of aryl methyl sites for hydroxylation is 1. The first-order valence-electron chi connectivity index (χ1n) is 8.30. The van der Waals surface area contributed by atoms with Gasteiger partial charge in [0.25, 0.3) is 0 Å². The van der Waals surface area contributed by atoms with Crippen LogP contribution in [0.2, 0.25) is 0 Å². The highest BCUT2D eigenvalue weighted by molar-refractivity contribution is 14.0. The van der Waals surface area contributed by atoms with Crippen LogP contribution in [0.15, 0.2) is 17.1 Å². The van der Waals surface area contributed by atoms with E-state index < -0.39 is 0 Å². The van der Waals surface area contributed by atoms with E-state index in [2.05, 4.69) is 49.4 Å². The SMILES string of the molecule is CCNC(=NCc1c(O)ccc2c1CCCC2)NC(C)(C)C.I. The van der Waals surface area contributed by atoms with Gasteiger partial charge in [-0.2, -0.15) is 0 Å². The van der Waals surface area contributed by atoms with Gasteiger partial charge in [-0.05, 0) is 70.6 Å². The van der Waals surface area contributed by atoms with Crippen molar-refractivity contribution in [3.05, 3.63) is 28.8 Å². The van der Waals surface area contributed by atoms with E-state index in [0.29, 0.717) is 12.3 Å². The van der Waals surface area contributed by atoms with E-state index in [1.165, 1.54) is 24.0 Å². The van der Waals surface area contributed by atoms with Gasteiger partial charge in [0.15, 0.2) is 5.96 Å². The van der Waals surface area contributed by atoms with Gasteiger partial charge in [0.05, 0.1) is 6.54 Å². The van der Waals surface area contributed by atoms with Crippen LogP contribution in [0, 0.1) is 0 Å². The number of halogens is 1. The molecule has 0 aliphatic heterocycles. The number of fused-ring (bicyclic) bond motifs is 1. The van der Waals surface area contributed by atoms with Gasteiger partial charge in [0, 0.05) is 17.6 Å². The monoisotopic (exact) mass is 431 g/mol. The van der Waals surface area contributed by atoms with Crippen molar-refractivity contribution in [1.82, 2.24) is 10.6 Å². The molecule has 2 rings (SSSR count). The number of phenols is 1. The summed E-state index contributed by atoms with van der Waals surface area (Å²) in [5.41, 5.74) is 3.63. The Bertz CT molecular complexity index is 550. The van der Waals surface area contributed by atoms with Crippen LogP contribution < -0.4 is 10.6 Å².